The van der Waals surface area contributed by atoms with Crippen LogP contribution >= 0.6 is 11.3 Å². The number of carbonyl (C=O) groups is 1. The highest BCUT2D eigenvalue weighted by molar-refractivity contribution is 7.18. The maximum absolute atomic E-state index is 12.3. The van der Waals surface area contributed by atoms with Gasteiger partial charge in [-0.25, -0.2) is 4.98 Å². The second-order valence-electron chi connectivity index (χ2n) is 5.65. The molecule has 0 saturated heterocycles. The minimum atomic E-state index is -0.0467. The number of para-hydroxylation sites is 1. The van der Waals surface area contributed by atoms with E-state index in [-0.39, 0.29) is 5.91 Å². The zero-order valence-corrected chi connectivity index (χ0v) is 15.3. The van der Waals surface area contributed by atoms with Gasteiger partial charge >= 0.3 is 0 Å². The van der Waals surface area contributed by atoms with E-state index in [1.54, 1.807) is 31.6 Å². The molecule has 0 unspecified atom stereocenters. The Balaban J connectivity index is 1.66. The number of aromatic nitrogens is 1. The maximum Gasteiger partial charge on any atom is 0.224 e. The van der Waals surface area contributed by atoms with Crippen molar-refractivity contribution in [3.63, 3.8) is 0 Å². The van der Waals surface area contributed by atoms with E-state index in [0.29, 0.717) is 24.3 Å². The molecule has 1 N–H and O–H groups in total. The van der Waals surface area contributed by atoms with Crippen molar-refractivity contribution >= 4 is 33.1 Å². The number of fused-ring (bicyclic) bond motifs is 1. The second kappa shape index (κ2) is 7.53. The van der Waals surface area contributed by atoms with Crippen molar-refractivity contribution < 1.29 is 14.3 Å². The van der Waals surface area contributed by atoms with Gasteiger partial charge in [-0.1, -0.05) is 12.1 Å². The third-order valence-electron chi connectivity index (χ3n) is 3.91. The van der Waals surface area contributed by atoms with Crippen LogP contribution in [0.25, 0.3) is 10.2 Å². The summed E-state index contributed by atoms with van der Waals surface area (Å²) in [6.07, 6.45) is 1.01. The highest BCUT2D eigenvalue weighted by Crippen LogP contribution is 2.33. The SMILES string of the molecule is COc1cc(C)c(NC(=O)CCc2nc3ccccc3s2)cc1OC. The smallest absolute Gasteiger partial charge is 0.224 e. The van der Waals surface area contributed by atoms with Crippen LogP contribution in [0.15, 0.2) is 36.4 Å². The number of thiazole rings is 1. The maximum atomic E-state index is 12.3. The minimum absolute atomic E-state index is 0.0467. The molecule has 0 radical (unpaired) electrons. The van der Waals surface area contributed by atoms with Gasteiger partial charge in [0.05, 0.1) is 29.4 Å². The molecule has 3 aromatic rings. The first-order valence-corrected chi connectivity index (χ1v) is 8.79. The molecule has 2 aromatic carbocycles. The number of ether oxygens (including phenoxy) is 2. The molecule has 130 valence electrons. The number of anilines is 1. The fraction of sp³-hybridized carbons (Fsp3) is 0.263. The van der Waals surface area contributed by atoms with Gasteiger partial charge in [-0.15, -0.1) is 11.3 Å². The van der Waals surface area contributed by atoms with Crippen LogP contribution in [-0.2, 0) is 11.2 Å². The summed E-state index contributed by atoms with van der Waals surface area (Å²) in [5.41, 5.74) is 2.64. The predicted molar refractivity (Wildman–Crippen MR) is 101 cm³/mol. The molecule has 0 saturated carbocycles. The number of nitrogens with zero attached hydrogens (tertiary/aromatic N) is 1. The Bertz CT molecular complexity index is 872. The van der Waals surface area contributed by atoms with Gasteiger partial charge in [0.25, 0.3) is 0 Å². The molecule has 0 aliphatic heterocycles. The minimum Gasteiger partial charge on any atom is -0.493 e. The van der Waals surface area contributed by atoms with Crippen LogP contribution in [0.5, 0.6) is 11.5 Å². The van der Waals surface area contributed by atoms with Crippen molar-refractivity contribution in [3.05, 3.63) is 47.0 Å². The highest BCUT2D eigenvalue weighted by atomic mass is 32.1. The zero-order chi connectivity index (χ0) is 17.8. The molecular formula is C19H20N2O3S. The van der Waals surface area contributed by atoms with E-state index in [0.717, 1.165) is 26.5 Å². The average Bonchev–Trinajstić information content (AvgIpc) is 3.04. The van der Waals surface area contributed by atoms with E-state index < -0.39 is 0 Å². The number of amides is 1. The number of aryl methyl sites for hydroxylation is 2. The normalized spacial score (nSPS) is 10.7. The van der Waals surface area contributed by atoms with Gasteiger partial charge in [0.1, 0.15) is 0 Å². The first-order chi connectivity index (χ1) is 12.1. The topological polar surface area (TPSA) is 60.5 Å². The van der Waals surface area contributed by atoms with Crippen LogP contribution in [0.4, 0.5) is 5.69 Å². The number of methoxy groups -OCH3 is 2. The highest BCUT2D eigenvalue weighted by Gasteiger charge is 2.12. The standard InChI is InChI=1S/C19H20N2O3S/c1-12-10-15(23-2)16(24-3)11-14(12)20-18(22)8-9-19-21-13-6-4-5-7-17(13)25-19/h4-7,10-11H,8-9H2,1-3H3,(H,20,22). The predicted octanol–water partition coefficient (Wildman–Crippen LogP) is 4.19. The van der Waals surface area contributed by atoms with E-state index in [9.17, 15) is 4.79 Å². The van der Waals surface area contributed by atoms with Crippen molar-refractivity contribution in [3.8, 4) is 11.5 Å². The van der Waals surface area contributed by atoms with E-state index in [1.165, 1.54) is 0 Å². The monoisotopic (exact) mass is 356 g/mol. The third kappa shape index (κ3) is 3.91. The van der Waals surface area contributed by atoms with E-state index in [1.807, 2.05) is 37.3 Å². The number of nitrogens with one attached hydrogen (secondary N) is 1. The summed E-state index contributed by atoms with van der Waals surface area (Å²) >= 11 is 1.63. The van der Waals surface area contributed by atoms with Crippen molar-refractivity contribution in [2.24, 2.45) is 0 Å². The van der Waals surface area contributed by atoms with Gasteiger partial charge in [-0.05, 0) is 30.7 Å². The molecule has 1 amide bonds. The van der Waals surface area contributed by atoms with E-state index >= 15 is 0 Å². The van der Waals surface area contributed by atoms with Gasteiger partial charge < -0.3 is 14.8 Å². The summed E-state index contributed by atoms with van der Waals surface area (Å²) in [6.45, 7) is 1.92. The summed E-state index contributed by atoms with van der Waals surface area (Å²) in [7, 11) is 3.17. The van der Waals surface area contributed by atoms with Crippen LogP contribution in [0.3, 0.4) is 0 Å². The number of hydrogen-bond donors (Lipinski definition) is 1. The lowest BCUT2D eigenvalue weighted by molar-refractivity contribution is -0.116. The average molecular weight is 356 g/mol. The van der Waals surface area contributed by atoms with Gasteiger partial charge in [-0.2, -0.15) is 0 Å². The second-order valence-corrected chi connectivity index (χ2v) is 6.76. The Morgan fingerprint density at radius 1 is 1.16 bits per heavy atom. The Labute approximate surface area is 150 Å². The van der Waals surface area contributed by atoms with Crippen LogP contribution in [-0.4, -0.2) is 25.1 Å². The Hall–Kier alpha value is -2.60. The van der Waals surface area contributed by atoms with Crippen LogP contribution in [0.2, 0.25) is 0 Å². The van der Waals surface area contributed by atoms with Crippen molar-refractivity contribution in [2.45, 2.75) is 19.8 Å². The fourth-order valence-electron chi connectivity index (χ4n) is 2.58. The van der Waals surface area contributed by atoms with Crippen molar-refractivity contribution in [1.82, 2.24) is 4.98 Å². The van der Waals surface area contributed by atoms with Crippen LogP contribution in [0, 0.1) is 6.92 Å². The van der Waals surface area contributed by atoms with Gasteiger partial charge in [0.15, 0.2) is 11.5 Å². The molecular weight excluding hydrogens is 336 g/mol. The first kappa shape index (κ1) is 17.2. The molecule has 1 aromatic heterocycles. The number of benzene rings is 2. The summed E-state index contributed by atoms with van der Waals surface area (Å²) in [5.74, 6) is 1.19. The molecule has 1 heterocycles. The van der Waals surface area contributed by atoms with E-state index in [4.69, 9.17) is 9.47 Å². The first-order valence-electron chi connectivity index (χ1n) is 7.97. The molecule has 0 bridgehead atoms. The molecule has 0 aliphatic rings. The van der Waals surface area contributed by atoms with Gasteiger partial charge in [0.2, 0.25) is 5.91 Å². The summed E-state index contributed by atoms with van der Waals surface area (Å²) < 4.78 is 11.7. The largest absolute Gasteiger partial charge is 0.493 e. The van der Waals surface area contributed by atoms with E-state index in [2.05, 4.69) is 10.3 Å². The Morgan fingerprint density at radius 2 is 1.88 bits per heavy atom. The Kier molecular flexibility index (Phi) is 5.19. The van der Waals surface area contributed by atoms with Crippen molar-refractivity contribution in [2.75, 3.05) is 19.5 Å². The molecule has 0 atom stereocenters. The van der Waals surface area contributed by atoms with Crippen LogP contribution < -0.4 is 14.8 Å². The molecule has 0 spiro atoms. The summed E-state index contributed by atoms with van der Waals surface area (Å²) in [4.78, 5) is 16.9. The van der Waals surface area contributed by atoms with Crippen LogP contribution in [0.1, 0.15) is 17.0 Å². The number of rotatable bonds is 6. The number of carbonyl (C=O) groups excluding carboxylic acids is 1. The molecule has 6 heteroatoms. The molecule has 3 rings (SSSR count). The summed E-state index contributed by atoms with van der Waals surface area (Å²) in [5, 5.41) is 3.92. The van der Waals surface area contributed by atoms with Crippen molar-refractivity contribution in [1.29, 1.82) is 0 Å². The summed E-state index contributed by atoms with van der Waals surface area (Å²) in [6, 6.07) is 11.6. The third-order valence-corrected chi connectivity index (χ3v) is 5.00. The lowest BCUT2D eigenvalue weighted by atomic mass is 10.1. The quantitative estimate of drug-likeness (QED) is 0.719. The molecule has 0 fully saturated rings. The number of hydrogen-bond acceptors (Lipinski definition) is 5. The molecule has 25 heavy (non-hydrogen) atoms. The zero-order valence-electron chi connectivity index (χ0n) is 14.5. The lowest BCUT2D eigenvalue weighted by Gasteiger charge is -2.13. The lowest BCUT2D eigenvalue weighted by Crippen LogP contribution is -2.13. The van der Waals surface area contributed by atoms with Gasteiger partial charge in [0, 0.05) is 24.6 Å². The Morgan fingerprint density at radius 3 is 2.60 bits per heavy atom. The molecule has 5 nitrogen and oxygen atoms in total. The molecule has 0 aliphatic carbocycles. The van der Waals surface area contributed by atoms with Gasteiger partial charge in [-0.3, -0.25) is 4.79 Å². The fourth-order valence-corrected chi connectivity index (χ4v) is 3.54.